The van der Waals surface area contributed by atoms with Gasteiger partial charge in [0, 0.05) is 10.6 Å². The summed E-state index contributed by atoms with van der Waals surface area (Å²) in [6, 6.07) is 3.09. The number of carbonyl (C=O) groups is 1. The molecule has 1 aliphatic rings. The summed E-state index contributed by atoms with van der Waals surface area (Å²) in [5.41, 5.74) is 0.145. The van der Waals surface area contributed by atoms with Crippen LogP contribution in [0.1, 0.15) is 24.4 Å². The van der Waals surface area contributed by atoms with E-state index in [1.54, 1.807) is 4.90 Å². The molecule has 1 aromatic carbocycles. The van der Waals surface area contributed by atoms with Gasteiger partial charge < -0.3 is 5.11 Å². The monoisotopic (exact) mass is 257 g/mol. The number of rotatable bonds is 3. The lowest BCUT2D eigenvalue weighted by molar-refractivity contribution is -0.143. The van der Waals surface area contributed by atoms with E-state index in [-0.39, 0.29) is 5.56 Å². The van der Waals surface area contributed by atoms with Crippen LogP contribution in [-0.4, -0.2) is 29.1 Å². The van der Waals surface area contributed by atoms with Gasteiger partial charge in [0.1, 0.15) is 11.9 Å². The quantitative estimate of drug-likeness (QED) is 0.905. The fourth-order valence-corrected chi connectivity index (χ4v) is 2.39. The summed E-state index contributed by atoms with van der Waals surface area (Å²) in [5, 5.41) is 9.60. The van der Waals surface area contributed by atoms with Crippen molar-refractivity contribution in [2.45, 2.75) is 18.9 Å². The van der Waals surface area contributed by atoms with Crippen LogP contribution in [-0.2, 0) is 4.79 Å². The van der Waals surface area contributed by atoms with Gasteiger partial charge in [-0.05, 0) is 44.1 Å². The molecule has 92 valence electrons. The number of nitrogens with zero attached hydrogens (tertiary/aromatic N) is 1. The van der Waals surface area contributed by atoms with Gasteiger partial charge in [-0.3, -0.25) is 9.69 Å². The largest absolute Gasteiger partial charge is 0.480 e. The number of likely N-dealkylation sites (tertiary alicyclic amines) is 1. The molecular weight excluding hydrogens is 245 g/mol. The van der Waals surface area contributed by atoms with E-state index in [9.17, 15) is 14.3 Å². The average molecular weight is 258 g/mol. The van der Waals surface area contributed by atoms with Crippen molar-refractivity contribution in [3.63, 3.8) is 0 Å². The molecule has 0 spiro atoms. The Labute approximate surface area is 104 Å². The molecule has 0 bridgehead atoms. The van der Waals surface area contributed by atoms with Gasteiger partial charge in [-0.1, -0.05) is 11.6 Å². The van der Waals surface area contributed by atoms with E-state index in [0.717, 1.165) is 12.8 Å². The lowest BCUT2D eigenvalue weighted by Crippen LogP contribution is -2.32. The number of carboxylic acid groups (broad SMARTS) is 1. The first-order valence-corrected chi connectivity index (χ1v) is 5.89. The average Bonchev–Trinajstić information content (AvgIpc) is 2.76. The fourth-order valence-electron chi connectivity index (χ4n) is 2.21. The highest BCUT2D eigenvalue weighted by molar-refractivity contribution is 6.30. The normalized spacial score (nSPS) is 18.2. The number of benzene rings is 1. The maximum Gasteiger partial charge on any atom is 0.325 e. The van der Waals surface area contributed by atoms with Gasteiger partial charge in [0.15, 0.2) is 0 Å². The van der Waals surface area contributed by atoms with Crippen molar-refractivity contribution in [1.82, 2.24) is 4.90 Å². The Hall–Kier alpha value is -1.13. The van der Waals surface area contributed by atoms with E-state index < -0.39 is 17.8 Å². The molecule has 1 aromatic rings. The number of hydrogen-bond acceptors (Lipinski definition) is 2. The Kier molecular flexibility index (Phi) is 3.64. The highest BCUT2D eigenvalue weighted by Gasteiger charge is 2.31. The van der Waals surface area contributed by atoms with Crippen LogP contribution in [0, 0.1) is 5.82 Å². The summed E-state index contributed by atoms with van der Waals surface area (Å²) < 4.78 is 13.7. The molecule has 0 saturated carbocycles. The number of aliphatic carboxylic acids is 1. The molecule has 3 nitrogen and oxygen atoms in total. The SMILES string of the molecule is O=C(O)C(c1cc(Cl)ccc1F)N1CCCC1. The van der Waals surface area contributed by atoms with Crippen LogP contribution in [0.5, 0.6) is 0 Å². The van der Waals surface area contributed by atoms with E-state index in [2.05, 4.69) is 0 Å². The van der Waals surface area contributed by atoms with Crippen molar-refractivity contribution in [3.8, 4) is 0 Å². The standard InChI is InChI=1S/C12H13ClFNO2/c13-8-3-4-10(14)9(7-8)11(12(16)17)15-5-1-2-6-15/h3-4,7,11H,1-2,5-6H2,(H,16,17). The molecular formula is C12H13ClFNO2. The van der Waals surface area contributed by atoms with E-state index in [4.69, 9.17) is 11.6 Å². The molecule has 2 rings (SSSR count). The smallest absolute Gasteiger partial charge is 0.325 e. The Bertz CT molecular complexity index is 433. The van der Waals surface area contributed by atoms with Crippen LogP contribution in [0.3, 0.4) is 0 Å². The summed E-state index contributed by atoms with van der Waals surface area (Å²) in [5.74, 6) is -1.55. The number of hydrogen-bond donors (Lipinski definition) is 1. The first-order valence-electron chi connectivity index (χ1n) is 5.51. The zero-order chi connectivity index (χ0) is 12.4. The predicted octanol–water partition coefficient (Wildman–Crippen LogP) is 2.70. The summed E-state index contributed by atoms with van der Waals surface area (Å²) in [6.07, 6.45) is 1.90. The van der Waals surface area contributed by atoms with Crippen LogP contribution in [0.25, 0.3) is 0 Å². The summed E-state index contributed by atoms with van der Waals surface area (Å²) >= 11 is 5.79. The molecule has 1 aliphatic heterocycles. The van der Waals surface area contributed by atoms with E-state index in [1.807, 2.05) is 0 Å². The van der Waals surface area contributed by atoms with Crippen LogP contribution < -0.4 is 0 Å². The van der Waals surface area contributed by atoms with Crippen molar-refractivity contribution in [1.29, 1.82) is 0 Å². The minimum absolute atomic E-state index is 0.145. The van der Waals surface area contributed by atoms with E-state index in [1.165, 1.54) is 18.2 Å². The molecule has 0 radical (unpaired) electrons. The van der Waals surface area contributed by atoms with Crippen molar-refractivity contribution in [3.05, 3.63) is 34.6 Å². The molecule has 0 amide bonds. The van der Waals surface area contributed by atoms with Crippen molar-refractivity contribution >= 4 is 17.6 Å². The zero-order valence-electron chi connectivity index (χ0n) is 9.20. The second kappa shape index (κ2) is 5.02. The van der Waals surface area contributed by atoms with E-state index >= 15 is 0 Å². The van der Waals surface area contributed by atoms with Gasteiger partial charge in [0.2, 0.25) is 0 Å². The molecule has 1 saturated heterocycles. The van der Waals surface area contributed by atoms with Crippen LogP contribution in [0.15, 0.2) is 18.2 Å². The highest BCUT2D eigenvalue weighted by Crippen LogP contribution is 2.29. The van der Waals surface area contributed by atoms with Crippen LogP contribution in [0.2, 0.25) is 5.02 Å². The third-order valence-corrected chi connectivity index (χ3v) is 3.23. The third-order valence-electron chi connectivity index (χ3n) is 2.99. The van der Waals surface area contributed by atoms with Crippen LogP contribution in [0.4, 0.5) is 4.39 Å². The van der Waals surface area contributed by atoms with Crippen LogP contribution >= 0.6 is 11.6 Å². The van der Waals surface area contributed by atoms with Gasteiger partial charge in [-0.25, -0.2) is 4.39 Å². The summed E-state index contributed by atoms with van der Waals surface area (Å²) in [6.45, 7) is 1.37. The molecule has 1 fully saturated rings. The zero-order valence-corrected chi connectivity index (χ0v) is 9.95. The number of carboxylic acids is 1. The first kappa shape index (κ1) is 12.3. The molecule has 1 N–H and O–H groups in total. The van der Waals surface area contributed by atoms with Crippen molar-refractivity contribution < 1.29 is 14.3 Å². The minimum atomic E-state index is -1.03. The van der Waals surface area contributed by atoms with Gasteiger partial charge in [-0.2, -0.15) is 0 Å². The first-order chi connectivity index (χ1) is 8.09. The van der Waals surface area contributed by atoms with Gasteiger partial charge >= 0.3 is 5.97 Å². The van der Waals surface area contributed by atoms with Gasteiger partial charge in [0.25, 0.3) is 0 Å². The molecule has 1 atom stereocenters. The second-order valence-electron chi connectivity index (χ2n) is 4.15. The maximum absolute atomic E-state index is 13.7. The van der Waals surface area contributed by atoms with Crippen molar-refractivity contribution in [2.75, 3.05) is 13.1 Å². The molecule has 1 heterocycles. The third kappa shape index (κ3) is 2.58. The fraction of sp³-hybridized carbons (Fsp3) is 0.417. The summed E-state index contributed by atoms with van der Waals surface area (Å²) in [7, 11) is 0. The molecule has 5 heteroatoms. The highest BCUT2D eigenvalue weighted by atomic mass is 35.5. The Morgan fingerprint density at radius 2 is 2.06 bits per heavy atom. The summed E-state index contributed by atoms with van der Waals surface area (Å²) in [4.78, 5) is 13.1. The van der Waals surface area contributed by atoms with E-state index in [0.29, 0.717) is 18.1 Å². The van der Waals surface area contributed by atoms with Gasteiger partial charge in [-0.15, -0.1) is 0 Å². The molecule has 0 aliphatic carbocycles. The molecule has 1 unspecified atom stereocenters. The topological polar surface area (TPSA) is 40.5 Å². The lowest BCUT2D eigenvalue weighted by Gasteiger charge is -2.24. The Morgan fingerprint density at radius 1 is 1.41 bits per heavy atom. The minimum Gasteiger partial charge on any atom is -0.480 e. The molecule has 0 aromatic heterocycles. The maximum atomic E-state index is 13.7. The molecule has 17 heavy (non-hydrogen) atoms. The Balaban J connectivity index is 2.37. The number of halogens is 2. The Morgan fingerprint density at radius 3 is 2.65 bits per heavy atom. The predicted molar refractivity (Wildman–Crippen MR) is 62.6 cm³/mol. The van der Waals surface area contributed by atoms with Gasteiger partial charge in [0.05, 0.1) is 0 Å². The van der Waals surface area contributed by atoms with Crippen molar-refractivity contribution in [2.24, 2.45) is 0 Å². The second-order valence-corrected chi connectivity index (χ2v) is 4.59. The lowest BCUT2D eigenvalue weighted by atomic mass is 10.1.